The third kappa shape index (κ3) is 29.9. The van der Waals surface area contributed by atoms with Gasteiger partial charge in [0, 0.05) is 86.1 Å². The van der Waals surface area contributed by atoms with Crippen molar-refractivity contribution in [3.05, 3.63) is 144 Å². The Hall–Kier alpha value is -12.8. The number of primary amides is 2. The van der Waals surface area contributed by atoms with Crippen LogP contribution in [-0.2, 0) is 103 Å². The first kappa shape index (κ1) is 94.7. The number of likely N-dealkylation sites (tertiary alicyclic amines) is 2. The number of nitrogens with two attached hydrogens (primary N) is 4. The van der Waals surface area contributed by atoms with Gasteiger partial charge in [0.25, 0.3) is 0 Å². The maximum Gasteiger partial charge on any atom is 0.408 e. The predicted octanol–water partition coefficient (Wildman–Crippen LogP) is 1.87. The van der Waals surface area contributed by atoms with Crippen LogP contribution in [0, 0.1) is 5.92 Å². The van der Waals surface area contributed by atoms with E-state index in [1.54, 1.807) is 116 Å². The Morgan fingerprint density at radius 2 is 0.951 bits per heavy atom. The first-order valence-corrected chi connectivity index (χ1v) is 42.2. The minimum absolute atomic E-state index is 0.000915. The summed E-state index contributed by atoms with van der Waals surface area (Å²) in [7, 11) is 1.19. The molecule has 4 aromatic carbocycles. The molecule has 122 heavy (non-hydrogen) atoms. The molecule has 14 amide bonds. The van der Waals surface area contributed by atoms with E-state index in [0.29, 0.717) is 50.7 Å². The second-order valence-electron chi connectivity index (χ2n) is 30.3. The lowest BCUT2D eigenvalue weighted by molar-refractivity contribution is -0.145. The van der Waals surface area contributed by atoms with Gasteiger partial charge < -0.3 is 110 Å². The van der Waals surface area contributed by atoms with E-state index >= 15 is 14.4 Å². The van der Waals surface area contributed by atoms with Crippen LogP contribution in [0.4, 0.5) is 9.59 Å². The molecule has 37 nitrogen and oxygen atoms in total. The maximum absolute atomic E-state index is 15.3. The fourth-order valence-electron chi connectivity index (χ4n) is 14.4. The summed E-state index contributed by atoms with van der Waals surface area (Å²) in [5.41, 5.74) is 26.3. The standard InChI is InChI=1S/C84H113N19O18S/c1-50(2)42-64(75(110)98-63(36-41-122-4)81(116)119-3)94-71(106)47-93-72(107)65(43-53-45-91-57-26-13-11-24-55(53)57)99-76(111)66(44-54-46-92-58-27-14-12-25-56(54)58)100-74(109)59(32-34-69(85)104)95-73(108)60(33-35-70(86)105)96-77(112)67-30-18-39-102(67)79(114)61(28-15-16-37-90-83(117)120-48-51-20-7-5-8-21-51)97-78(113)68-31-19-40-103(68)80(115)62(29-17-38-89-82(87)88)101-84(118)121-49-52-22-9-6-10-23-52/h5-14,20-27,45-46,50,59-68,91-92H,15-19,28-44,47-49H2,1-4H3,(H2,85,104)(H2,86,105)(H,90,117)(H,93,107)(H,94,106)(H,95,108)(H,96,112)(H,97,113)(H,98,110)(H,99,111)(H,100,109)(H,101,118)(H4,87,88,89)/t59-,60-,61-,62-,63+,64-,65+,66+,67-,68-/m0/s1. The third-order valence-corrected chi connectivity index (χ3v) is 21.4. The fraction of sp³-hybridized carbons (Fsp3) is 0.476. The molecule has 8 rings (SSSR count). The molecule has 6 aromatic rings. The lowest BCUT2D eigenvalue weighted by atomic mass is 10.0. The Balaban J connectivity index is 1.01. The monoisotopic (exact) mass is 1710 g/mol. The number of guanidine groups is 1. The third-order valence-electron chi connectivity index (χ3n) is 20.7. The molecule has 0 aliphatic carbocycles. The average Bonchev–Trinajstić information content (AvgIpc) is 1.65. The van der Waals surface area contributed by atoms with Crippen LogP contribution in [0.1, 0.15) is 132 Å². The van der Waals surface area contributed by atoms with E-state index in [9.17, 15) is 57.5 Å². The summed E-state index contributed by atoms with van der Waals surface area (Å²) in [6.07, 6.45) is 2.82. The number of para-hydroxylation sites is 2. The van der Waals surface area contributed by atoms with Gasteiger partial charge in [-0.2, -0.15) is 11.8 Å². The van der Waals surface area contributed by atoms with Gasteiger partial charge in [-0.15, -0.1) is 0 Å². The highest BCUT2D eigenvalue weighted by molar-refractivity contribution is 7.98. The van der Waals surface area contributed by atoms with Crippen LogP contribution in [0.25, 0.3) is 21.8 Å². The lowest BCUT2D eigenvalue weighted by Crippen LogP contribution is -2.60. The molecule has 2 saturated heterocycles. The summed E-state index contributed by atoms with van der Waals surface area (Å²) in [6.45, 7) is 3.08. The number of rotatable bonds is 48. The number of nitrogens with one attached hydrogen (secondary N) is 12. The first-order chi connectivity index (χ1) is 58.6. The Labute approximate surface area is 710 Å². The highest BCUT2D eigenvalue weighted by Gasteiger charge is 2.43. The lowest BCUT2D eigenvalue weighted by Gasteiger charge is -2.32. The molecule has 0 unspecified atom stereocenters. The van der Waals surface area contributed by atoms with E-state index in [2.05, 4.69) is 68.1 Å². The van der Waals surface area contributed by atoms with E-state index in [4.69, 9.17) is 37.1 Å². The number of ether oxygens (including phenoxy) is 3. The average molecular weight is 1710 g/mol. The Morgan fingerprint density at radius 1 is 0.492 bits per heavy atom. The summed E-state index contributed by atoms with van der Waals surface area (Å²) < 4.78 is 15.8. The number of amides is 14. The number of unbranched alkanes of at least 4 members (excludes halogenated alkanes) is 1. The molecule has 0 bridgehead atoms. The van der Waals surface area contributed by atoms with E-state index < -0.39 is 182 Å². The largest absolute Gasteiger partial charge is 0.467 e. The molecule has 658 valence electrons. The van der Waals surface area contributed by atoms with Crippen molar-refractivity contribution in [3.63, 3.8) is 0 Å². The van der Waals surface area contributed by atoms with Crippen molar-refractivity contribution < 1.29 is 86.1 Å². The number of hydrogen-bond acceptors (Lipinski definition) is 20. The second kappa shape index (κ2) is 48.5. The molecule has 20 N–H and O–H groups in total. The van der Waals surface area contributed by atoms with Crippen LogP contribution >= 0.6 is 11.8 Å². The van der Waals surface area contributed by atoms with Gasteiger partial charge in [-0.25, -0.2) is 14.4 Å². The Kier molecular flexibility index (Phi) is 37.6. The molecule has 2 aliphatic heterocycles. The van der Waals surface area contributed by atoms with Crippen molar-refractivity contribution in [2.24, 2.45) is 33.8 Å². The molecule has 38 heteroatoms. The zero-order valence-corrected chi connectivity index (χ0v) is 69.8. The first-order valence-electron chi connectivity index (χ1n) is 40.8. The van der Waals surface area contributed by atoms with Crippen LogP contribution in [0.3, 0.4) is 0 Å². The molecular weight excluding hydrogens is 1600 g/mol. The predicted molar refractivity (Wildman–Crippen MR) is 453 cm³/mol. The van der Waals surface area contributed by atoms with Gasteiger partial charge in [0.1, 0.15) is 73.6 Å². The number of carbonyl (C=O) groups excluding carboxylic acids is 15. The topological polar surface area (TPSA) is 559 Å². The van der Waals surface area contributed by atoms with Gasteiger partial charge in [0.05, 0.1) is 13.7 Å². The molecule has 0 radical (unpaired) electrons. The van der Waals surface area contributed by atoms with Gasteiger partial charge in [-0.05, 0) is 136 Å². The minimum Gasteiger partial charge on any atom is -0.467 e. The van der Waals surface area contributed by atoms with Gasteiger partial charge in [0.2, 0.25) is 70.9 Å². The second-order valence-corrected chi connectivity index (χ2v) is 31.3. The minimum atomic E-state index is -1.73. The molecule has 2 fully saturated rings. The molecular formula is C84H113N19O18S. The summed E-state index contributed by atoms with van der Waals surface area (Å²) in [5, 5.41) is 28.2. The number of hydrogen-bond donors (Lipinski definition) is 16. The normalized spacial score (nSPS) is 15.6. The smallest absolute Gasteiger partial charge is 0.408 e. The van der Waals surface area contributed by atoms with Crippen LogP contribution in [0.5, 0.6) is 0 Å². The quantitative estimate of drug-likeness (QED) is 0.00852. The van der Waals surface area contributed by atoms with Crippen molar-refractivity contribution in [1.29, 1.82) is 0 Å². The summed E-state index contributed by atoms with van der Waals surface area (Å²) in [6, 6.07) is 18.3. The van der Waals surface area contributed by atoms with Crippen LogP contribution in [0.2, 0.25) is 0 Å². The summed E-state index contributed by atoms with van der Waals surface area (Å²) in [5.74, 6) is -10.7. The summed E-state index contributed by atoms with van der Waals surface area (Å²) >= 11 is 1.45. The Bertz CT molecular complexity index is 4620. The fourth-order valence-corrected chi connectivity index (χ4v) is 14.9. The van der Waals surface area contributed by atoms with Gasteiger partial charge in [-0.3, -0.25) is 62.5 Å². The van der Waals surface area contributed by atoms with Crippen molar-refractivity contribution in [1.82, 2.24) is 72.9 Å². The number of carbonyl (C=O) groups is 15. The number of methoxy groups -OCH3 is 1. The highest BCUT2D eigenvalue weighted by Crippen LogP contribution is 2.26. The highest BCUT2D eigenvalue weighted by atomic mass is 32.2. The number of aromatic nitrogens is 2. The number of thioether (sulfide) groups is 1. The Morgan fingerprint density at radius 3 is 1.47 bits per heavy atom. The number of nitrogens with zero attached hydrogens (tertiary/aromatic N) is 3. The molecule has 2 aliphatic rings. The van der Waals surface area contributed by atoms with E-state index in [1.165, 1.54) is 28.7 Å². The molecule has 4 heterocycles. The number of alkyl carbamates (subject to hydrolysis) is 2. The number of H-pyrrole nitrogens is 2. The molecule has 0 spiro atoms. The van der Waals surface area contributed by atoms with Gasteiger partial charge >= 0.3 is 18.2 Å². The van der Waals surface area contributed by atoms with E-state index in [-0.39, 0.29) is 128 Å². The maximum atomic E-state index is 15.3. The van der Waals surface area contributed by atoms with Crippen LogP contribution in [0.15, 0.2) is 127 Å². The van der Waals surface area contributed by atoms with E-state index in [1.807, 2.05) is 26.2 Å². The van der Waals surface area contributed by atoms with Crippen molar-refractivity contribution in [2.45, 2.75) is 197 Å². The van der Waals surface area contributed by atoms with Gasteiger partial charge in [0.15, 0.2) is 5.96 Å². The van der Waals surface area contributed by atoms with Crippen LogP contribution in [-0.4, -0.2) is 227 Å². The van der Waals surface area contributed by atoms with Gasteiger partial charge in [-0.1, -0.05) is 111 Å². The molecule has 0 saturated carbocycles. The number of aliphatic imine (C=N–C) groups is 1. The number of aromatic amines is 2. The number of benzene rings is 4. The molecule has 2 aromatic heterocycles. The number of fused-ring (bicyclic) bond motifs is 2. The number of esters is 1. The van der Waals surface area contributed by atoms with Crippen molar-refractivity contribution in [3.8, 4) is 0 Å². The van der Waals surface area contributed by atoms with Crippen molar-refractivity contribution >= 4 is 129 Å². The zero-order chi connectivity index (χ0) is 88.2. The van der Waals surface area contributed by atoms with E-state index in [0.717, 1.165) is 5.56 Å². The van der Waals surface area contributed by atoms with Crippen molar-refractivity contribution in [2.75, 3.05) is 51.8 Å². The van der Waals surface area contributed by atoms with Crippen LogP contribution < -0.4 is 76.1 Å². The summed E-state index contributed by atoms with van der Waals surface area (Å²) in [4.78, 5) is 224. The SMILES string of the molecule is COC(=O)[C@@H](CCSC)NC(=O)[C@H](CC(C)C)NC(=O)CNC(=O)[C@@H](Cc1c[nH]c2ccccc12)NC(=O)[C@@H](Cc1c[nH]c2ccccc12)NC(=O)[C@H](CCC(N)=O)NC(=O)[C@H](CCC(N)=O)NC(=O)[C@@H]1CCCN1C(=O)[C@H](CCCCNC(=O)OCc1ccccc1)NC(=O)[C@@H]1CCCN1C(=O)[C@H](CCCN=C(N)N)NC(=O)OCc1ccccc1. The molecule has 10 atom stereocenters. The zero-order valence-electron chi connectivity index (χ0n) is 69.0.